The van der Waals surface area contributed by atoms with Crippen LogP contribution in [0.5, 0.6) is 0 Å². The van der Waals surface area contributed by atoms with E-state index in [9.17, 15) is 0 Å². The number of hydrogen-bond acceptors (Lipinski definition) is 3. The number of alkyl halides is 1. The molecule has 56 valence electrons. The Hall–Kier alpha value is 0.610. The molecule has 3 aliphatic heterocycles. The molecule has 0 radical (unpaired) electrons. The standard InChI is InChI=1S/C6H7IO3/c7-3-5-4(10-5)2-1-8-6(3)9-2/h2-6H,1H2/t2-,3-,4+,5-,6-/m1/s1. The first kappa shape index (κ1) is 6.16. The van der Waals surface area contributed by atoms with E-state index in [0.717, 1.165) is 6.61 Å². The van der Waals surface area contributed by atoms with Crippen LogP contribution in [0.4, 0.5) is 0 Å². The second kappa shape index (κ2) is 1.85. The van der Waals surface area contributed by atoms with E-state index in [1.165, 1.54) is 0 Å². The molecule has 3 aliphatic rings. The second-order valence-electron chi connectivity index (χ2n) is 2.89. The second-order valence-corrected chi connectivity index (χ2v) is 4.32. The fourth-order valence-electron chi connectivity index (χ4n) is 1.63. The monoisotopic (exact) mass is 254 g/mol. The van der Waals surface area contributed by atoms with Crippen LogP contribution in [-0.2, 0) is 14.2 Å². The Kier molecular flexibility index (Phi) is 1.14. The normalized spacial score (nSPS) is 63.9. The quantitative estimate of drug-likeness (QED) is 0.354. The molecule has 3 heterocycles. The highest BCUT2D eigenvalue weighted by Gasteiger charge is 2.60. The van der Waals surface area contributed by atoms with Crippen LogP contribution in [0.1, 0.15) is 0 Å². The third-order valence-corrected chi connectivity index (χ3v) is 3.53. The van der Waals surface area contributed by atoms with Crippen molar-refractivity contribution >= 4 is 22.6 Å². The van der Waals surface area contributed by atoms with Gasteiger partial charge in [-0.2, -0.15) is 0 Å². The number of epoxide rings is 1. The molecule has 10 heavy (non-hydrogen) atoms. The first-order chi connectivity index (χ1) is 4.86. The summed E-state index contributed by atoms with van der Waals surface area (Å²) in [6.45, 7) is 0.728. The largest absolute Gasteiger partial charge is 0.365 e. The Morgan fingerprint density at radius 3 is 3.00 bits per heavy atom. The Labute approximate surface area is 72.1 Å². The lowest BCUT2D eigenvalue weighted by Crippen LogP contribution is -2.35. The van der Waals surface area contributed by atoms with Gasteiger partial charge in [-0.15, -0.1) is 0 Å². The lowest BCUT2D eigenvalue weighted by molar-refractivity contribution is -0.0643. The molecule has 5 atom stereocenters. The van der Waals surface area contributed by atoms with Gasteiger partial charge < -0.3 is 14.2 Å². The molecule has 3 nitrogen and oxygen atoms in total. The fourth-order valence-corrected chi connectivity index (χ4v) is 2.58. The van der Waals surface area contributed by atoms with Gasteiger partial charge in [-0.3, -0.25) is 0 Å². The molecular weight excluding hydrogens is 247 g/mol. The van der Waals surface area contributed by atoms with E-state index in [1.807, 2.05) is 0 Å². The first-order valence-electron chi connectivity index (χ1n) is 3.43. The maximum atomic E-state index is 5.51. The highest BCUT2D eigenvalue weighted by molar-refractivity contribution is 14.1. The molecule has 4 heteroatoms. The molecule has 0 aromatic rings. The van der Waals surface area contributed by atoms with E-state index in [2.05, 4.69) is 22.6 Å². The Morgan fingerprint density at radius 2 is 2.10 bits per heavy atom. The molecule has 2 bridgehead atoms. The van der Waals surface area contributed by atoms with Crippen molar-refractivity contribution in [2.24, 2.45) is 0 Å². The molecule has 3 rings (SSSR count). The molecule has 3 saturated heterocycles. The van der Waals surface area contributed by atoms with Crippen molar-refractivity contribution < 1.29 is 14.2 Å². The minimum Gasteiger partial charge on any atom is -0.365 e. The summed E-state index contributed by atoms with van der Waals surface area (Å²) in [6, 6.07) is 0. The van der Waals surface area contributed by atoms with Gasteiger partial charge in [0.2, 0.25) is 0 Å². The summed E-state index contributed by atoms with van der Waals surface area (Å²) in [5.41, 5.74) is 0. The topological polar surface area (TPSA) is 31.0 Å². The summed E-state index contributed by atoms with van der Waals surface area (Å²) in [7, 11) is 0. The molecular formula is C6H7IO3. The van der Waals surface area contributed by atoms with Crippen LogP contribution in [-0.4, -0.2) is 35.1 Å². The van der Waals surface area contributed by atoms with Gasteiger partial charge in [0, 0.05) is 0 Å². The summed E-state index contributed by atoms with van der Waals surface area (Å²) < 4.78 is 16.7. The number of halogens is 1. The molecule has 0 unspecified atom stereocenters. The Morgan fingerprint density at radius 1 is 1.20 bits per heavy atom. The zero-order valence-electron chi connectivity index (χ0n) is 5.20. The zero-order chi connectivity index (χ0) is 6.72. The van der Waals surface area contributed by atoms with Crippen molar-refractivity contribution in [3.8, 4) is 0 Å². The highest BCUT2D eigenvalue weighted by atomic mass is 127. The molecule has 0 aliphatic carbocycles. The van der Waals surface area contributed by atoms with Gasteiger partial charge in [0.25, 0.3) is 0 Å². The summed E-state index contributed by atoms with van der Waals surface area (Å²) in [5.74, 6) is 0. The van der Waals surface area contributed by atoms with Gasteiger partial charge >= 0.3 is 0 Å². The van der Waals surface area contributed by atoms with Gasteiger partial charge in [0.1, 0.15) is 18.3 Å². The van der Waals surface area contributed by atoms with E-state index >= 15 is 0 Å². The lowest BCUT2D eigenvalue weighted by atomic mass is 10.1. The van der Waals surface area contributed by atoms with Gasteiger partial charge in [0.15, 0.2) is 6.29 Å². The number of rotatable bonds is 0. The van der Waals surface area contributed by atoms with Crippen molar-refractivity contribution in [2.75, 3.05) is 6.61 Å². The van der Waals surface area contributed by atoms with Gasteiger partial charge in [-0.25, -0.2) is 0 Å². The maximum absolute atomic E-state index is 5.51. The van der Waals surface area contributed by atoms with Crippen LogP contribution in [0.25, 0.3) is 0 Å². The molecule has 3 fully saturated rings. The number of hydrogen-bond donors (Lipinski definition) is 0. The number of ether oxygens (including phenoxy) is 3. The summed E-state index contributed by atoms with van der Waals surface area (Å²) in [5, 5.41) is 0. The van der Waals surface area contributed by atoms with Gasteiger partial charge in [-0.1, -0.05) is 22.6 Å². The molecule has 0 aromatic carbocycles. The van der Waals surface area contributed by atoms with Gasteiger partial charge in [-0.05, 0) is 0 Å². The smallest absolute Gasteiger partial charge is 0.172 e. The predicted octanol–water partition coefficient (Wildman–Crippen LogP) is 0.312. The van der Waals surface area contributed by atoms with Gasteiger partial charge in [0.05, 0.1) is 10.5 Å². The van der Waals surface area contributed by atoms with E-state index in [0.29, 0.717) is 16.1 Å². The number of fused-ring (bicyclic) bond motifs is 4. The summed E-state index contributed by atoms with van der Waals surface area (Å²) in [4.78, 5) is 0. The fraction of sp³-hybridized carbons (Fsp3) is 1.00. The van der Waals surface area contributed by atoms with Crippen molar-refractivity contribution in [2.45, 2.75) is 28.5 Å². The average molecular weight is 254 g/mol. The summed E-state index contributed by atoms with van der Waals surface area (Å²) in [6.07, 6.45) is 1.02. The van der Waals surface area contributed by atoms with E-state index < -0.39 is 0 Å². The van der Waals surface area contributed by atoms with E-state index in [-0.39, 0.29) is 12.4 Å². The van der Waals surface area contributed by atoms with Crippen molar-refractivity contribution in [1.82, 2.24) is 0 Å². The third kappa shape index (κ3) is 0.654. The van der Waals surface area contributed by atoms with Crippen LogP contribution in [0.2, 0.25) is 0 Å². The minimum atomic E-state index is 0.00866. The van der Waals surface area contributed by atoms with Crippen molar-refractivity contribution in [3.05, 3.63) is 0 Å². The molecule has 0 amide bonds. The SMILES string of the molecule is I[C@H]1[C@@H]2OC[C@@H](O2)[C@@H]2O[C@H]12. The predicted molar refractivity (Wildman–Crippen MR) is 41.1 cm³/mol. The maximum Gasteiger partial charge on any atom is 0.172 e. The molecule has 0 aromatic heterocycles. The Bertz CT molecular complexity index is 172. The van der Waals surface area contributed by atoms with E-state index in [4.69, 9.17) is 14.2 Å². The van der Waals surface area contributed by atoms with Crippen LogP contribution >= 0.6 is 22.6 Å². The minimum absolute atomic E-state index is 0.00866. The third-order valence-electron chi connectivity index (χ3n) is 2.24. The average Bonchev–Trinajstić information content (AvgIpc) is 2.61. The highest BCUT2D eigenvalue weighted by Crippen LogP contribution is 2.44. The Balaban J connectivity index is 1.91. The van der Waals surface area contributed by atoms with Crippen molar-refractivity contribution in [1.29, 1.82) is 0 Å². The van der Waals surface area contributed by atoms with Crippen molar-refractivity contribution in [3.63, 3.8) is 0 Å². The molecule has 0 N–H and O–H groups in total. The van der Waals surface area contributed by atoms with Crippen LogP contribution in [0, 0.1) is 0 Å². The van der Waals surface area contributed by atoms with Crippen LogP contribution < -0.4 is 0 Å². The molecule has 0 saturated carbocycles. The van der Waals surface area contributed by atoms with Crippen LogP contribution in [0.15, 0.2) is 0 Å². The van der Waals surface area contributed by atoms with E-state index in [1.54, 1.807) is 0 Å². The summed E-state index contributed by atoms with van der Waals surface area (Å²) >= 11 is 2.34. The molecule has 0 spiro atoms. The lowest BCUT2D eigenvalue weighted by Gasteiger charge is -2.18. The zero-order valence-corrected chi connectivity index (χ0v) is 7.35. The van der Waals surface area contributed by atoms with Crippen LogP contribution in [0.3, 0.4) is 0 Å². The first-order valence-corrected chi connectivity index (χ1v) is 4.67.